The normalized spacial score (nSPS) is 11.2. The maximum absolute atomic E-state index is 12.8. The Morgan fingerprint density at radius 3 is 2.62 bits per heavy atom. The monoisotopic (exact) mass is 479 g/mol. The number of aryl methyl sites for hydroxylation is 2. The van der Waals surface area contributed by atoms with Crippen molar-refractivity contribution in [2.24, 2.45) is 0 Å². The Kier molecular flexibility index (Phi) is 6.99. The second-order valence-electron chi connectivity index (χ2n) is 8.07. The van der Waals surface area contributed by atoms with Crippen LogP contribution in [-0.4, -0.2) is 46.2 Å². The summed E-state index contributed by atoms with van der Waals surface area (Å²) in [6.45, 7) is 4.93. The second kappa shape index (κ2) is 10.1. The number of nitrogens with one attached hydrogen (secondary N) is 1. The molecule has 3 heterocycles. The van der Waals surface area contributed by atoms with Crippen molar-refractivity contribution < 1.29 is 19.0 Å². The van der Waals surface area contributed by atoms with Crippen molar-refractivity contribution in [3.63, 3.8) is 0 Å². The molecule has 0 aliphatic heterocycles. The minimum Gasteiger partial charge on any atom is -0.465 e. The molecule has 0 spiro atoms. The van der Waals surface area contributed by atoms with Crippen LogP contribution in [-0.2, 0) is 29.0 Å². The highest BCUT2D eigenvalue weighted by molar-refractivity contribution is 7.21. The van der Waals surface area contributed by atoms with Crippen LogP contribution in [0, 0.1) is 13.8 Å². The summed E-state index contributed by atoms with van der Waals surface area (Å²) in [6, 6.07) is 11.5. The zero-order valence-electron chi connectivity index (χ0n) is 19.4. The number of rotatable bonds is 8. The van der Waals surface area contributed by atoms with Crippen LogP contribution in [0.15, 0.2) is 41.0 Å². The van der Waals surface area contributed by atoms with E-state index < -0.39 is 5.97 Å². The summed E-state index contributed by atoms with van der Waals surface area (Å²) in [7, 11) is 3.27. The standard InChI is InChI=1S/C24H25N5O4S/c1-14-7-5-6-8-16(14)11-20(30)26-21-18-10-9-17(25-23(18)34-22(21)24(31)32-4)12-29(3)13-19-15(2)27-33-28-19/h5-10H,11-13H2,1-4H3,(H,26,30). The fraction of sp³-hybridized carbons (Fsp3) is 0.292. The van der Waals surface area contributed by atoms with Crippen molar-refractivity contribution >= 4 is 39.1 Å². The first-order chi connectivity index (χ1) is 16.4. The number of pyridine rings is 1. The number of ether oxygens (including phenoxy) is 1. The molecular weight excluding hydrogens is 454 g/mol. The van der Waals surface area contributed by atoms with Crippen molar-refractivity contribution in [1.82, 2.24) is 20.2 Å². The van der Waals surface area contributed by atoms with E-state index >= 15 is 0 Å². The molecule has 3 aromatic heterocycles. The van der Waals surface area contributed by atoms with Gasteiger partial charge in [0.15, 0.2) is 0 Å². The molecule has 0 saturated heterocycles. The Hall–Kier alpha value is -3.63. The van der Waals surface area contributed by atoms with Crippen LogP contribution in [0.4, 0.5) is 5.69 Å². The summed E-state index contributed by atoms with van der Waals surface area (Å²) < 4.78 is 9.71. The van der Waals surface area contributed by atoms with Gasteiger partial charge in [0.25, 0.3) is 0 Å². The van der Waals surface area contributed by atoms with Gasteiger partial charge >= 0.3 is 5.97 Å². The first-order valence-electron chi connectivity index (χ1n) is 10.7. The fourth-order valence-corrected chi connectivity index (χ4v) is 4.68. The lowest BCUT2D eigenvalue weighted by Gasteiger charge is -2.14. The van der Waals surface area contributed by atoms with E-state index in [0.29, 0.717) is 33.9 Å². The molecule has 9 nitrogen and oxygen atoms in total. The molecule has 0 fully saturated rings. The number of hydrogen-bond acceptors (Lipinski definition) is 9. The van der Waals surface area contributed by atoms with Gasteiger partial charge in [-0.2, -0.15) is 0 Å². The van der Waals surface area contributed by atoms with Gasteiger partial charge in [-0.1, -0.05) is 34.6 Å². The highest BCUT2D eigenvalue weighted by atomic mass is 32.1. The number of nitrogens with zero attached hydrogens (tertiary/aromatic N) is 4. The minimum absolute atomic E-state index is 0.206. The highest BCUT2D eigenvalue weighted by Crippen LogP contribution is 2.35. The summed E-state index contributed by atoms with van der Waals surface area (Å²) >= 11 is 1.20. The summed E-state index contributed by atoms with van der Waals surface area (Å²) in [5.74, 6) is -0.721. The molecule has 0 unspecified atom stereocenters. The third kappa shape index (κ3) is 5.13. The third-order valence-electron chi connectivity index (χ3n) is 5.46. The quantitative estimate of drug-likeness (QED) is 0.379. The van der Waals surface area contributed by atoms with E-state index in [0.717, 1.165) is 28.2 Å². The predicted octanol–water partition coefficient (Wildman–Crippen LogP) is 3.90. The van der Waals surface area contributed by atoms with Gasteiger partial charge in [0.2, 0.25) is 5.91 Å². The molecule has 10 heteroatoms. The number of methoxy groups -OCH3 is 1. The molecular formula is C24H25N5O4S. The number of fused-ring (bicyclic) bond motifs is 1. The zero-order valence-corrected chi connectivity index (χ0v) is 20.2. The Morgan fingerprint density at radius 2 is 1.91 bits per heavy atom. The molecule has 1 amide bonds. The van der Waals surface area contributed by atoms with Gasteiger partial charge in [0.05, 0.1) is 24.9 Å². The maximum atomic E-state index is 12.8. The van der Waals surface area contributed by atoms with Gasteiger partial charge in [-0.25, -0.2) is 14.4 Å². The molecule has 0 aliphatic rings. The van der Waals surface area contributed by atoms with Crippen molar-refractivity contribution in [3.8, 4) is 0 Å². The second-order valence-corrected chi connectivity index (χ2v) is 9.07. The molecule has 0 bridgehead atoms. The van der Waals surface area contributed by atoms with Crippen molar-refractivity contribution in [1.29, 1.82) is 0 Å². The molecule has 4 aromatic rings. The van der Waals surface area contributed by atoms with E-state index in [1.807, 2.05) is 62.2 Å². The Balaban J connectivity index is 1.57. The van der Waals surface area contributed by atoms with Gasteiger partial charge in [0, 0.05) is 18.5 Å². The lowest BCUT2D eigenvalue weighted by molar-refractivity contribution is -0.115. The molecule has 176 valence electrons. The predicted molar refractivity (Wildman–Crippen MR) is 129 cm³/mol. The molecule has 0 radical (unpaired) electrons. The summed E-state index contributed by atoms with van der Waals surface area (Å²) in [5, 5.41) is 11.3. The zero-order chi connectivity index (χ0) is 24.2. The number of anilines is 1. The molecule has 1 N–H and O–H groups in total. The van der Waals surface area contributed by atoms with Crippen LogP contribution in [0.1, 0.15) is 37.9 Å². The number of esters is 1. The maximum Gasteiger partial charge on any atom is 0.350 e. The van der Waals surface area contributed by atoms with Crippen LogP contribution in [0.3, 0.4) is 0 Å². The smallest absolute Gasteiger partial charge is 0.350 e. The Bertz CT molecular complexity index is 1350. The van der Waals surface area contributed by atoms with Gasteiger partial charge in [-0.3, -0.25) is 9.69 Å². The third-order valence-corrected chi connectivity index (χ3v) is 6.54. The van der Waals surface area contributed by atoms with Gasteiger partial charge in [0.1, 0.15) is 21.1 Å². The van der Waals surface area contributed by atoms with E-state index in [4.69, 9.17) is 14.3 Å². The first kappa shape index (κ1) is 23.5. The van der Waals surface area contributed by atoms with Crippen molar-refractivity contribution in [3.05, 3.63) is 69.5 Å². The van der Waals surface area contributed by atoms with E-state index in [2.05, 4.69) is 15.6 Å². The number of aromatic nitrogens is 3. The molecule has 0 atom stereocenters. The molecule has 34 heavy (non-hydrogen) atoms. The van der Waals surface area contributed by atoms with E-state index in [1.54, 1.807) is 0 Å². The summed E-state index contributed by atoms with van der Waals surface area (Å²) in [6.07, 6.45) is 0.206. The van der Waals surface area contributed by atoms with Crippen molar-refractivity contribution in [2.75, 3.05) is 19.5 Å². The SMILES string of the molecule is COC(=O)c1sc2nc(CN(C)Cc3nonc3C)ccc2c1NC(=O)Cc1ccccc1C. The highest BCUT2D eigenvalue weighted by Gasteiger charge is 2.22. The summed E-state index contributed by atoms with van der Waals surface area (Å²) in [5.41, 5.74) is 4.74. The molecule has 1 aromatic carbocycles. The minimum atomic E-state index is -0.512. The Labute approximate surface area is 200 Å². The number of benzene rings is 1. The average molecular weight is 480 g/mol. The van der Waals surface area contributed by atoms with E-state index in [-0.39, 0.29) is 12.3 Å². The number of carbonyl (C=O) groups is 2. The Morgan fingerprint density at radius 1 is 1.12 bits per heavy atom. The largest absolute Gasteiger partial charge is 0.465 e. The topological polar surface area (TPSA) is 110 Å². The van der Waals surface area contributed by atoms with Gasteiger partial charge < -0.3 is 10.1 Å². The van der Waals surface area contributed by atoms with Gasteiger partial charge in [-0.05, 0) is 44.2 Å². The first-order valence-corrected chi connectivity index (χ1v) is 11.5. The molecule has 0 aliphatic carbocycles. The van der Waals surface area contributed by atoms with E-state index in [1.165, 1.54) is 18.4 Å². The number of amides is 1. The lowest BCUT2D eigenvalue weighted by atomic mass is 10.1. The van der Waals surface area contributed by atoms with Crippen LogP contribution in [0.25, 0.3) is 10.2 Å². The number of hydrogen-bond donors (Lipinski definition) is 1. The van der Waals surface area contributed by atoms with Crippen LogP contribution >= 0.6 is 11.3 Å². The number of thiophene rings is 1. The van der Waals surface area contributed by atoms with Crippen LogP contribution < -0.4 is 5.32 Å². The molecule has 4 rings (SSSR count). The fourth-order valence-electron chi connectivity index (χ4n) is 3.61. The molecule has 0 saturated carbocycles. The lowest BCUT2D eigenvalue weighted by Crippen LogP contribution is -2.18. The van der Waals surface area contributed by atoms with Crippen LogP contribution in [0.2, 0.25) is 0 Å². The van der Waals surface area contributed by atoms with Gasteiger partial charge in [-0.15, -0.1) is 11.3 Å². The average Bonchev–Trinajstić information content (AvgIpc) is 3.37. The van der Waals surface area contributed by atoms with Crippen LogP contribution in [0.5, 0.6) is 0 Å². The number of carbonyl (C=O) groups excluding carboxylic acids is 2. The van der Waals surface area contributed by atoms with Crippen molar-refractivity contribution in [2.45, 2.75) is 33.4 Å². The summed E-state index contributed by atoms with van der Waals surface area (Å²) in [4.78, 5) is 33.0. The van der Waals surface area contributed by atoms with E-state index in [9.17, 15) is 9.59 Å².